The van der Waals surface area contributed by atoms with Gasteiger partial charge in [0.1, 0.15) is 5.82 Å². The van der Waals surface area contributed by atoms with Crippen LogP contribution in [0.5, 0.6) is 0 Å². The lowest BCUT2D eigenvalue weighted by Gasteiger charge is -2.27. The molecule has 3 rings (SSSR count). The minimum atomic E-state index is -5.08. The van der Waals surface area contributed by atoms with E-state index in [1.165, 1.54) is 19.2 Å². The molecule has 13 nitrogen and oxygen atoms in total. The smallest absolute Gasteiger partial charge is 0.475 e. The summed E-state index contributed by atoms with van der Waals surface area (Å²) in [6.45, 7) is 1.70. The number of hydrogen-bond acceptors (Lipinski definition) is 8. The normalized spacial score (nSPS) is 12.7. The Morgan fingerprint density at radius 2 is 1.04 bits per heavy atom. The van der Waals surface area contributed by atoms with E-state index in [0.29, 0.717) is 17.2 Å². The average Bonchev–Trinajstić information content (AvgIpc) is 2.91. The molecular weight excluding hydrogens is 723 g/mol. The highest BCUT2D eigenvalue weighted by Gasteiger charge is 2.40. The summed E-state index contributed by atoms with van der Waals surface area (Å²) >= 11 is 0. The van der Waals surface area contributed by atoms with Crippen molar-refractivity contribution in [1.82, 2.24) is 20.6 Å². The first-order valence-electron chi connectivity index (χ1n) is 11.7. The fourth-order valence-electron chi connectivity index (χ4n) is 2.33. The minimum absolute atomic E-state index is 0.0250. The first kappa shape index (κ1) is 45.8. The van der Waals surface area contributed by atoms with Crippen LogP contribution in [0, 0.1) is 5.82 Å². The van der Waals surface area contributed by atoms with Gasteiger partial charge in [-0.1, -0.05) is 6.07 Å². The number of aromatic nitrogens is 2. The van der Waals surface area contributed by atoms with E-state index in [1.807, 2.05) is 0 Å². The van der Waals surface area contributed by atoms with Crippen molar-refractivity contribution < 1.29 is 101 Å². The third kappa shape index (κ3) is 18.0. The van der Waals surface area contributed by atoms with Crippen molar-refractivity contribution >= 4 is 29.8 Å². The monoisotopic (exact) mass is 742 g/mol. The van der Waals surface area contributed by atoms with Crippen LogP contribution in [0.3, 0.4) is 0 Å². The van der Waals surface area contributed by atoms with Crippen molar-refractivity contribution in [2.75, 3.05) is 20.1 Å². The maximum atomic E-state index is 14.1. The summed E-state index contributed by atoms with van der Waals surface area (Å²) in [7, 11) is 1.47. The molecule has 1 aromatic carbocycles. The lowest BCUT2D eigenvalue weighted by molar-refractivity contribution is -0.193. The summed E-state index contributed by atoms with van der Waals surface area (Å²) in [5.41, 5.74) is 2.20. The largest absolute Gasteiger partial charge is 0.490 e. The number of alkyl halides is 12. The lowest BCUT2D eigenvalue weighted by atomic mass is 9.94. The quantitative estimate of drug-likeness (QED) is 0.247. The van der Waals surface area contributed by atoms with E-state index in [9.17, 15) is 61.9 Å². The maximum absolute atomic E-state index is 14.1. The van der Waals surface area contributed by atoms with Crippen molar-refractivity contribution in [2.24, 2.45) is 0 Å². The van der Waals surface area contributed by atoms with E-state index in [0.717, 1.165) is 18.8 Å². The minimum Gasteiger partial charge on any atom is -0.475 e. The molecule has 0 spiro atoms. The summed E-state index contributed by atoms with van der Waals surface area (Å²) in [6.07, 6.45) is -17.1. The fraction of sp³-hybridized carbons (Fsp3) is 0.348. The molecule has 0 radical (unpaired) electrons. The van der Waals surface area contributed by atoms with E-state index in [2.05, 4.69) is 20.6 Å². The average molecular weight is 742 g/mol. The van der Waals surface area contributed by atoms with Crippen LogP contribution in [0.1, 0.15) is 22.0 Å². The topological polar surface area (TPSA) is 216 Å². The molecule has 0 saturated carbocycles. The van der Waals surface area contributed by atoms with Crippen molar-refractivity contribution in [3.05, 3.63) is 47.7 Å². The van der Waals surface area contributed by atoms with E-state index >= 15 is 0 Å². The van der Waals surface area contributed by atoms with Crippen LogP contribution in [0.25, 0.3) is 11.3 Å². The summed E-state index contributed by atoms with van der Waals surface area (Å²) in [5.74, 6) is -11.7. The number of carbonyl (C=O) groups excluding carboxylic acids is 1. The molecular formula is C23H19F13N4O9. The SMILES string of the molecule is CNC(=O)c1ccc(-c2nccnc2C2CNC2)cc1F.O=C(O)C(F)(F)F.O=C(O)C(F)(F)F.O=C(O)C(F)(F)F.O=C(O)C(F)(F)F. The highest BCUT2D eigenvalue weighted by atomic mass is 19.4. The van der Waals surface area contributed by atoms with Crippen molar-refractivity contribution in [1.29, 1.82) is 0 Å². The zero-order chi connectivity index (χ0) is 39.1. The van der Waals surface area contributed by atoms with Gasteiger partial charge in [0.25, 0.3) is 5.91 Å². The number of rotatable bonds is 3. The molecule has 1 fully saturated rings. The molecule has 0 aliphatic carbocycles. The summed E-state index contributed by atoms with van der Waals surface area (Å²) in [4.78, 5) is 55.8. The Labute approximate surface area is 262 Å². The van der Waals surface area contributed by atoms with Gasteiger partial charge in [0.05, 0.1) is 17.0 Å². The van der Waals surface area contributed by atoms with Crippen LogP contribution in [-0.4, -0.2) is 105 Å². The highest BCUT2D eigenvalue weighted by molar-refractivity contribution is 5.94. The van der Waals surface area contributed by atoms with Gasteiger partial charge in [-0.3, -0.25) is 14.8 Å². The predicted octanol–water partition coefficient (Wildman–Crippen LogP) is 3.86. The van der Waals surface area contributed by atoms with Gasteiger partial charge in [-0.05, 0) is 12.1 Å². The van der Waals surface area contributed by atoms with Crippen molar-refractivity contribution in [2.45, 2.75) is 30.6 Å². The van der Waals surface area contributed by atoms with E-state index in [4.69, 9.17) is 39.6 Å². The number of amides is 1. The van der Waals surface area contributed by atoms with Gasteiger partial charge in [-0.25, -0.2) is 23.6 Å². The van der Waals surface area contributed by atoms with Crippen LogP contribution >= 0.6 is 0 Å². The predicted molar refractivity (Wildman–Crippen MR) is 131 cm³/mol. The number of hydrogen-bond donors (Lipinski definition) is 6. The third-order valence-electron chi connectivity index (χ3n) is 4.58. The van der Waals surface area contributed by atoms with Crippen LogP contribution in [-0.2, 0) is 19.2 Å². The second kappa shape index (κ2) is 18.9. The second-order valence-corrected chi connectivity index (χ2v) is 8.13. The molecule has 1 aliphatic rings. The highest BCUT2D eigenvalue weighted by Crippen LogP contribution is 2.29. The number of carboxylic acid groups (broad SMARTS) is 4. The van der Waals surface area contributed by atoms with Gasteiger partial charge in [0, 0.05) is 44.0 Å². The van der Waals surface area contributed by atoms with Gasteiger partial charge in [0.2, 0.25) is 0 Å². The zero-order valence-corrected chi connectivity index (χ0v) is 23.5. The number of nitrogens with one attached hydrogen (secondary N) is 2. The molecule has 1 saturated heterocycles. The molecule has 49 heavy (non-hydrogen) atoms. The van der Waals surface area contributed by atoms with E-state index in [-0.39, 0.29) is 5.56 Å². The number of carbonyl (C=O) groups is 5. The summed E-state index contributed by atoms with van der Waals surface area (Å²) in [6, 6.07) is 4.51. The Hall–Kier alpha value is -5.30. The molecule has 2 aromatic rings. The zero-order valence-electron chi connectivity index (χ0n) is 23.5. The first-order valence-corrected chi connectivity index (χ1v) is 11.7. The number of halogens is 13. The summed E-state index contributed by atoms with van der Waals surface area (Å²) in [5, 5.41) is 34.1. The molecule has 0 atom stereocenters. The molecule has 6 N–H and O–H groups in total. The fourth-order valence-corrected chi connectivity index (χ4v) is 2.33. The molecule has 26 heteroatoms. The Bertz CT molecular complexity index is 1350. The van der Waals surface area contributed by atoms with Crippen LogP contribution in [0.15, 0.2) is 30.6 Å². The summed E-state index contributed by atoms with van der Waals surface area (Å²) < 4.78 is 141. The Morgan fingerprint density at radius 1 is 0.694 bits per heavy atom. The Balaban J connectivity index is 0. The van der Waals surface area contributed by atoms with Crippen molar-refractivity contribution in [3.63, 3.8) is 0 Å². The van der Waals surface area contributed by atoms with Gasteiger partial charge < -0.3 is 31.1 Å². The Morgan fingerprint density at radius 3 is 1.31 bits per heavy atom. The maximum Gasteiger partial charge on any atom is 0.490 e. The standard InChI is InChI=1S/C15H15FN4O.4C2HF3O2/c1-17-15(21)11-3-2-9(6-12(11)16)13-14(10-7-18-8-10)20-5-4-19-13;4*3-2(4,5)1(6)7/h2-6,10,18H,7-8H2,1H3,(H,17,21);4*(H,6,7). The van der Waals surface area contributed by atoms with Crippen molar-refractivity contribution in [3.8, 4) is 11.3 Å². The number of aliphatic carboxylic acids is 4. The third-order valence-corrected chi connectivity index (χ3v) is 4.58. The number of carboxylic acids is 4. The molecule has 0 bridgehead atoms. The van der Waals surface area contributed by atoms with Gasteiger partial charge in [0.15, 0.2) is 0 Å². The molecule has 2 heterocycles. The Kier molecular flexibility index (Phi) is 17.7. The molecule has 276 valence electrons. The van der Waals surface area contributed by atoms with E-state index < -0.39 is 60.3 Å². The van der Waals surface area contributed by atoms with Crippen LogP contribution in [0.2, 0.25) is 0 Å². The van der Waals surface area contributed by atoms with E-state index in [1.54, 1.807) is 18.5 Å². The first-order chi connectivity index (χ1) is 22.0. The van der Waals surface area contributed by atoms with Gasteiger partial charge in [-0.15, -0.1) is 0 Å². The molecule has 1 amide bonds. The van der Waals surface area contributed by atoms with Crippen LogP contribution in [0.4, 0.5) is 57.1 Å². The van der Waals surface area contributed by atoms with Gasteiger partial charge in [-0.2, -0.15) is 52.7 Å². The molecule has 1 aromatic heterocycles. The number of benzene rings is 1. The second-order valence-electron chi connectivity index (χ2n) is 8.13. The molecule has 1 aliphatic heterocycles. The van der Waals surface area contributed by atoms with Gasteiger partial charge >= 0.3 is 48.6 Å². The molecule has 0 unspecified atom stereocenters. The lowest BCUT2D eigenvalue weighted by Crippen LogP contribution is -2.40. The number of nitrogens with zero attached hydrogens (tertiary/aromatic N) is 2. The van der Waals surface area contributed by atoms with Crippen LogP contribution < -0.4 is 10.6 Å².